The lowest BCUT2D eigenvalue weighted by atomic mass is 10.1. The summed E-state index contributed by atoms with van der Waals surface area (Å²) in [6, 6.07) is 9.51. The van der Waals surface area contributed by atoms with E-state index in [4.69, 9.17) is 4.74 Å². The summed E-state index contributed by atoms with van der Waals surface area (Å²) in [7, 11) is 0. The molecule has 1 N–H and O–H groups in total. The first-order valence-electron chi connectivity index (χ1n) is 10.8. The molecule has 0 amide bonds. The van der Waals surface area contributed by atoms with Crippen molar-refractivity contribution in [2.24, 2.45) is 0 Å². The van der Waals surface area contributed by atoms with Gasteiger partial charge in [0.15, 0.2) is 0 Å². The standard InChI is InChI=1S/C23H28F2N6O.H2/c1-3-32-9-8-29-4-6-30(7-5-29)21-11-17(2)10-20(15-21)27-23-26-16-31(28-23)22-13-18(24)12-19(25)14-22;/h10-16H,3-9H2,1-2H3,(H,27,28);1H. The first kappa shape index (κ1) is 22.2. The summed E-state index contributed by atoms with van der Waals surface area (Å²) in [5.74, 6) is -0.968. The first-order chi connectivity index (χ1) is 15.5. The van der Waals surface area contributed by atoms with Gasteiger partial charge in [-0.3, -0.25) is 4.90 Å². The topological polar surface area (TPSA) is 58.5 Å². The Kier molecular flexibility index (Phi) is 6.96. The molecule has 0 aliphatic carbocycles. The van der Waals surface area contributed by atoms with E-state index in [1.165, 1.54) is 23.1 Å². The fourth-order valence-electron chi connectivity index (χ4n) is 3.83. The minimum Gasteiger partial charge on any atom is -0.380 e. The maximum atomic E-state index is 13.5. The minimum absolute atomic E-state index is 0. The average molecular weight is 445 g/mol. The fraction of sp³-hybridized carbons (Fsp3) is 0.391. The van der Waals surface area contributed by atoms with Crippen molar-refractivity contribution < 1.29 is 14.9 Å². The van der Waals surface area contributed by atoms with Gasteiger partial charge in [0.25, 0.3) is 0 Å². The Balaban J connectivity index is 0.00000306. The van der Waals surface area contributed by atoms with Gasteiger partial charge in [0.2, 0.25) is 5.95 Å². The summed E-state index contributed by atoms with van der Waals surface area (Å²) in [6.45, 7) is 10.5. The molecular weight excluding hydrogens is 414 g/mol. The first-order valence-corrected chi connectivity index (χ1v) is 10.8. The van der Waals surface area contributed by atoms with Crippen molar-refractivity contribution in [3.63, 3.8) is 0 Å². The Morgan fingerprint density at radius 1 is 1.00 bits per heavy atom. The van der Waals surface area contributed by atoms with E-state index in [9.17, 15) is 8.78 Å². The van der Waals surface area contributed by atoms with Crippen LogP contribution in [0.15, 0.2) is 42.7 Å². The van der Waals surface area contributed by atoms with Crippen molar-refractivity contribution in [2.45, 2.75) is 13.8 Å². The zero-order chi connectivity index (χ0) is 22.5. The number of rotatable bonds is 8. The SMILES string of the molecule is CCOCCN1CCN(c2cc(C)cc(Nc3ncn(-c4cc(F)cc(F)c4)n3)c2)CC1.[HH]. The molecule has 9 heteroatoms. The van der Waals surface area contributed by atoms with Gasteiger partial charge in [-0.05, 0) is 49.7 Å². The van der Waals surface area contributed by atoms with Crippen LogP contribution in [0.1, 0.15) is 13.9 Å². The second-order valence-electron chi connectivity index (χ2n) is 7.85. The molecule has 7 nitrogen and oxygen atoms in total. The molecule has 0 unspecified atom stereocenters. The molecule has 32 heavy (non-hydrogen) atoms. The number of hydrogen-bond acceptors (Lipinski definition) is 6. The summed E-state index contributed by atoms with van der Waals surface area (Å²) in [6.07, 6.45) is 1.43. The Hall–Kier alpha value is -3.04. The van der Waals surface area contributed by atoms with Crippen LogP contribution < -0.4 is 10.2 Å². The van der Waals surface area contributed by atoms with Gasteiger partial charge in [0.05, 0.1) is 12.3 Å². The number of aryl methyl sites for hydroxylation is 1. The molecule has 172 valence electrons. The Labute approximate surface area is 188 Å². The highest BCUT2D eigenvalue weighted by atomic mass is 19.1. The van der Waals surface area contributed by atoms with Gasteiger partial charge in [0, 0.05) is 58.2 Å². The van der Waals surface area contributed by atoms with Crippen LogP contribution in [0.4, 0.5) is 26.1 Å². The van der Waals surface area contributed by atoms with E-state index in [1.54, 1.807) is 0 Å². The van der Waals surface area contributed by atoms with Crippen molar-refractivity contribution in [3.05, 3.63) is 59.9 Å². The van der Waals surface area contributed by atoms with Gasteiger partial charge in [0.1, 0.15) is 18.0 Å². The van der Waals surface area contributed by atoms with E-state index in [-0.39, 0.29) is 7.11 Å². The lowest BCUT2D eigenvalue weighted by Gasteiger charge is -2.36. The number of halogens is 2. The van der Waals surface area contributed by atoms with Gasteiger partial charge < -0.3 is 15.0 Å². The van der Waals surface area contributed by atoms with Gasteiger partial charge in [-0.15, -0.1) is 5.10 Å². The van der Waals surface area contributed by atoms with Crippen molar-refractivity contribution in [1.29, 1.82) is 0 Å². The second-order valence-corrected chi connectivity index (χ2v) is 7.85. The Morgan fingerprint density at radius 3 is 2.47 bits per heavy atom. The molecule has 2 heterocycles. The summed E-state index contributed by atoms with van der Waals surface area (Å²) in [4.78, 5) is 9.02. The lowest BCUT2D eigenvalue weighted by Crippen LogP contribution is -2.47. The van der Waals surface area contributed by atoms with E-state index in [0.717, 1.165) is 68.9 Å². The Bertz CT molecular complexity index is 1030. The number of aromatic nitrogens is 3. The second kappa shape index (κ2) is 10.1. The number of ether oxygens (including phenoxy) is 1. The molecule has 0 saturated carbocycles. The molecule has 1 fully saturated rings. The highest BCUT2D eigenvalue weighted by Crippen LogP contribution is 2.25. The molecular formula is C23H30F2N6O. The van der Waals surface area contributed by atoms with Crippen LogP contribution in [-0.2, 0) is 4.74 Å². The Morgan fingerprint density at radius 2 is 1.75 bits per heavy atom. The highest BCUT2D eigenvalue weighted by molar-refractivity contribution is 5.64. The number of anilines is 3. The average Bonchev–Trinajstić information content (AvgIpc) is 3.22. The molecule has 2 aromatic carbocycles. The van der Waals surface area contributed by atoms with Crippen LogP contribution in [0.5, 0.6) is 0 Å². The quantitative estimate of drug-likeness (QED) is 0.530. The fourth-order valence-corrected chi connectivity index (χ4v) is 3.83. The lowest BCUT2D eigenvalue weighted by molar-refractivity contribution is 0.111. The summed E-state index contributed by atoms with van der Waals surface area (Å²) < 4.78 is 33.8. The van der Waals surface area contributed by atoms with E-state index < -0.39 is 11.6 Å². The molecule has 1 aliphatic heterocycles. The van der Waals surface area contributed by atoms with Crippen LogP contribution in [0.25, 0.3) is 5.69 Å². The van der Waals surface area contributed by atoms with E-state index in [2.05, 4.69) is 44.3 Å². The zero-order valence-corrected chi connectivity index (χ0v) is 18.4. The van der Waals surface area contributed by atoms with Crippen LogP contribution in [0.3, 0.4) is 0 Å². The third-order valence-electron chi connectivity index (χ3n) is 5.42. The number of hydrogen-bond donors (Lipinski definition) is 1. The number of nitrogens with one attached hydrogen (secondary N) is 1. The number of piperazine rings is 1. The van der Waals surface area contributed by atoms with Crippen molar-refractivity contribution >= 4 is 17.3 Å². The predicted molar refractivity (Wildman–Crippen MR) is 123 cm³/mol. The molecule has 1 aromatic heterocycles. The van der Waals surface area contributed by atoms with Crippen LogP contribution >= 0.6 is 0 Å². The maximum Gasteiger partial charge on any atom is 0.246 e. The third-order valence-corrected chi connectivity index (χ3v) is 5.42. The maximum absolute atomic E-state index is 13.5. The third kappa shape index (κ3) is 5.60. The molecule has 0 radical (unpaired) electrons. The number of benzene rings is 2. The van der Waals surface area contributed by atoms with Gasteiger partial charge in [-0.2, -0.15) is 4.98 Å². The van der Waals surface area contributed by atoms with Crippen molar-refractivity contribution in [1.82, 2.24) is 19.7 Å². The minimum atomic E-state index is -0.661. The monoisotopic (exact) mass is 444 g/mol. The molecule has 4 rings (SSSR count). The van der Waals surface area contributed by atoms with E-state index in [0.29, 0.717) is 5.95 Å². The van der Waals surface area contributed by atoms with Gasteiger partial charge in [-0.25, -0.2) is 13.5 Å². The smallest absolute Gasteiger partial charge is 0.246 e. The van der Waals surface area contributed by atoms with E-state index in [1.807, 2.05) is 13.0 Å². The normalized spacial score (nSPS) is 14.7. The largest absolute Gasteiger partial charge is 0.380 e. The molecule has 3 aromatic rings. The van der Waals surface area contributed by atoms with Crippen LogP contribution in [0, 0.1) is 18.6 Å². The summed E-state index contributed by atoms with van der Waals surface area (Å²) >= 11 is 0. The summed E-state index contributed by atoms with van der Waals surface area (Å²) in [5, 5.41) is 7.51. The van der Waals surface area contributed by atoms with Gasteiger partial charge in [-0.1, -0.05) is 0 Å². The van der Waals surface area contributed by atoms with Crippen LogP contribution in [0.2, 0.25) is 0 Å². The van der Waals surface area contributed by atoms with Crippen LogP contribution in [-0.4, -0.2) is 65.6 Å². The molecule has 0 bridgehead atoms. The molecule has 0 atom stereocenters. The number of nitrogens with zero attached hydrogens (tertiary/aromatic N) is 5. The summed E-state index contributed by atoms with van der Waals surface area (Å²) in [5.41, 5.74) is 3.40. The predicted octanol–water partition coefficient (Wildman–Crippen LogP) is 4.00. The van der Waals surface area contributed by atoms with Crippen molar-refractivity contribution in [3.8, 4) is 5.69 Å². The van der Waals surface area contributed by atoms with Gasteiger partial charge >= 0.3 is 0 Å². The van der Waals surface area contributed by atoms with E-state index >= 15 is 0 Å². The molecule has 1 aliphatic rings. The van der Waals surface area contributed by atoms with Crippen molar-refractivity contribution in [2.75, 3.05) is 56.2 Å². The highest BCUT2D eigenvalue weighted by Gasteiger charge is 2.18. The zero-order valence-electron chi connectivity index (χ0n) is 18.4. The molecule has 0 spiro atoms. The molecule has 1 saturated heterocycles.